The van der Waals surface area contributed by atoms with Crippen molar-refractivity contribution in [2.75, 3.05) is 26.4 Å². The quantitative estimate of drug-likeness (QED) is 0.841. The minimum Gasteiger partial charge on any atom is -0.490 e. The Balaban J connectivity index is 1.65. The van der Waals surface area contributed by atoms with Gasteiger partial charge in [-0.2, -0.15) is 0 Å². The zero-order chi connectivity index (χ0) is 14.5. The predicted molar refractivity (Wildman–Crippen MR) is 80.1 cm³/mol. The van der Waals surface area contributed by atoms with E-state index in [1.165, 1.54) is 0 Å². The molecule has 4 nitrogen and oxygen atoms in total. The Morgan fingerprint density at radius 3 is 3.14 bits per heavy atom. The first-order chi connectivity index (χ1) is 10.3. The first kappa shape index (κ1) is 14.4. The van der Waals surface area contributed by atoms with E-state index in [1.54, 1.807) is 0 Å². The average molecular weight is 287 g/mol. The minimum atomic E-state index is -0.125. The topological polar surface area (TPSA) is 53.7 Å². The van der Waals surface area contributed by atoms with Crippen LogP contribution in [0.3, 0.4) is 0 Å². The molecule has 0 amide bonds. The SMILES string of the molecule is NCC#Cc1cccc(OC2CCOC3(CCOC3)C2)c1. The molecule has 0 radical (unpaired) electrons. The predicted octanol–water partition coefficient (Wildman–Crippen LogP) is 1.71. The Labute approximate surface area is 125 Å². The van der Waals surface area contributed by atoms with Crippen molar-refractivity contribution in [1.29, 1.82) is 0 Å². The van der Waals surface area contributed by atoms with Gasteiger partial charge in [0, 0.05) is 31.4 Å². The molecule has 1 aromatic rings. The molecular weight excluding hydrogens is 266 g/mol. The van der Waals surface area contributed by atoms with Crippen molar-refractivity contribution in [3.8, 4) is 17.6 Å². The van der Waals surface area contributed by atoms with E-state index in [-0.39, 0.29) is 11.7 Å². The number of ether oxygens (including phenoxy) is 3. The first-order valence-corrected chi connectivity index (χ1v) is 7.47. The van der Waals surface area contributed by atoms with Crippen LogP contribution >= 0.6 is 0 Å². The Kier molecular flexibility index (Phi) is 4.45. The van der Waals surface area contributed by atoms with Crippen LogP contribution in [0, 0.1) is 11.8 Å². The Bertz CT molecular complexity index is 540. The Hall–Kier alpha value is -1.54. The summed E-state index contributed by atoms with van der Waals surface area (Å²) in [4.78, 5) is 0. The zero-order valence-electron chi connectivity index (χ0n) is 12.1. The molecule has 2 fully saturated rings. The molecule has 2 N–H and O–H groups in total. The van der Waals surface area contributed by atoms with Gasteiger partial charge in [-0.1, -0.05) is 17.9 Å². The third-order valence-corrected chi connectivity index (χ3v) is 3.99. The minimum absolute atomic E-state index is 0.125. The fourth-order valence-corrected chi connectivity index (χ4v) is 2.94. The highest BCUT2D eigenvalue weighted by atomic mass is 16.6. The Morgan fingerprint density at radius 1 is 1.38 bits per heavy atom. The van der Waals surface area contributed by atoms with Crippen LogP contribution in [0.4, 0.5) is 0 Å². The number of hydrogen-bond acceptors (Lipinski definition) is 4. The van der Waals surface area contributed by atoms with Gasteiger partial charge in [0.05, 0.1) is 25.4 Å². The second-order valence-electron chi connectivity index (χ2n) is 5.60. The maximum atomic E-state index is 6.13. The number of benzene rings is 1. The van der Waals surface area contributed by atoms with Gasteiger partial charge in [-0.3, -0.25) is 0 Å². The molecule has 2 aliphatic rings. The van der Waals surface area contributed by atoms with E-state index in [2.05, 4.69) is 11.8 Å². The van der Waals surface area contributed by atoms with E-state index in [4.69, 9.17) is 19.9 Å². The van der Waals surface area contributed by atoms with Crippen molar-refractivity contribution in [1.82, 2.24) is 0 Å². The lowest BCUT2D eigenvalue weighted by Gasteiger charge is -2.37. The molecule has 2 atom stereocenters. The lowest BCUT2D eigenvalue weighted by atomic mass is 9.91. The standard InChI is InChI=1S/C17H21NO3/c18-8-2-4-14-3-1-5-15(11-14)21-16-6-9-20-17(12-16)7-10-19-13-17/h1,3,5,11,16H,6-10,12-13,18H2. The maximum absolute atomic E-state index is 6.13. The van der Waals surface area contributed by atoms with Gasteiger partial charge in [-0.05, 0) is 18.2 Å². The zero-order valence-corrected chi connectivity index (χ0v) is 12.1. The molecule has 2 saturated heterocycles. The van der Waals surface area contributed by atoms with E-state index < -0.39 is 0 Å². The molecule has 21 heavy (non-hydrogen) atoms. The molecule has 0 saturated carbocycles. The van der Waals surface area contributed by atoms with Gasteiger partial charge in [0.1, 0.15) is 11.9 Å². The normalized spacial score (nSPS) is 28.1. The number of nitrogens with two attached hydrogens (primary N) is 1. The van der Waals surface area contributed by atoms with Crippen LogP contribution in [0.15, 0.2) is 24.3 Å². The summed E-state index contributed by atoms with van der Waals surface area (Å²) in [7, 11) is 0. The summed E-state index contributed by atoms with van der Waals surface area (Å²) in [5.41, 5.74) is 6.21. The summed E-state index contributed by atoms with van der Waals surface area (Å²) in [6.45, 7) is 2.58. The molecule has 3 rings (SSSR count). The Morgan fingerprint density at radius 2 is 2.33 bits per heavy atom. The van der Waals surface area contributed by atoms with E-state index in [0.717, 1.165) is 43.8 Å². The van der Waals surface area contributed by atoms with Gasteiger partial charge >= 0.3 is 0 Å². The highest BCUT2D eigenvalue weighted by Crippen LogP contribution is 2.34. The van der Waals surface area contributed by atoms with Crippen molar-refractivity contribution in [2.24, 2.45) is 5.73 Å². The smallest absolute Gasteiger partial charge is 0.120 e. The van der Waals surface area contributed by atoms with E-state index >= 15 is 0 Å². The molecule has 4 heteroatoms. The van der Waals surface area contributed by atoms with Crippen molar-refractivity contribution < 1.29 is 14.2 Å². The van der Waals surface area contributed by atoms with Crippen molar-refractivity contribution >= 4 is 0 Å². The molecule has 1 aromatic carbocycles. The molecule has 2 aliphatic heterocycles. The molecule has 112 valence electrons. The lowest BCUT2D eigenvalue weighted by molar-refractivity contribution is -0.112. The highest BCUT2D eigenvalue weighted by Gasteiger charge is 2.41. The van der Waals surface area contributed by atoms with Crippen LogP contribution in [0.5, 0.6) is 5.75 Å². The van der Waals surface area contributed by atoms with Gasteiger partial charge in [0.15, 0.2) is 0 Å². The third kappa shape index (κ3) is 3.56. The second-order valence-corrected chi connectivity index (χ2v) is 5.60. The highest BCUT2D eigenvalue weighted by molar-refractivity contribution is 5.40. The van der Waals surface area contributed by atoms with Gasteiger partial charge in [-0.15, -0.1) is 0 Å². The van der Waals surface area contributed by atoms with E-state index in [9.17, 15) is 0 Å². The van der Waals surface area contributed by atoms with Gasteiger partial charge in [0.25, 0.3) is 0 Å². The van der Waals surface area contributed by atoms with Crippen LogP contribution in [0.2, 0.25) is 0 Å². The second kappa shape index (κ2) is 6.48. The third-order valence-electron chi connectivity index (χ3n) is 3.99. The number of hydrogen-bond donors (Lipinski definition) is 1. The van der Waals surface area contributed by atoms with Gasteiger partial charge in [0.2, 0.25) is 0 Å². The van der Waals surface area contributed by atoms with Gasteiger partial charge < -0.3 is 19.9 Å². The van der Waals surface area contributed by atoms with Crippen LogP contribution in [0.25, 0.3) is 0 Å². The average Bonchev–Trinajstić information content (AvgIpc) is 2.93. The van der Waals surface area contributed by atoms with Gasteiger partial charge in [-0.25, -0.2) is 0 Å². The van der Waals surface area contributed by atoms with E-state index in [0.29, 0.717) is 13.2 Å². The molecule has 0 aliphatic carbocycles. The summed E-state index contributed by atoms with van der Waals surface area (Å²) in [6.07, 6.45) is 2.96. The van der Waals surface area contributed by atoms with Crippen LogP contribution in [-0.2, 0) is 9.47 Å². The molecule has 0 bridgehead atoms. The lowest BCUT2D eigenvalue weighted by Crippen LogP contribution is -2.44. The van der Waals surface area contributed by atoms with Crippen molar-refractivity contribution in [2.45, 2.75) is 31.0 Å². The summed E-state index contributed by atoms with van der Waals surface area (Å²) in [5.74, 6) is 6.75. The maximum Gasteiger partial charge on any atom is 0.120 e. The summed E-state index contributed by atoms with van der Waals surface area (Å²) >= 11 is 0. The molecular formula is C17H21NO3. The molecule has 2 heterocycles. The van der Waals surface area contributed by atoms with Crippen molar-refractivity contribution in [3.05, 3.63) is 29.8 Å². The molecule has 2 unspecified atom stereocenters. The largest absolute Gasteiger partial charge is 0.490 e. The summed E-state index contributed by atoms with van der Waals surface area (Å²) in [5, 5.41) is 0. The summed E-state index contributed by atoms with van der Waals surface area (Å²) in [6, 6.07) is 7.87. The fraction of sp³-hybridized carbons (Fsp3) is 0.529. The number of rotatable bonds is 2. The molecule has 1 spiro atoms. The van der Waals surface area contributed by atoms with E-state index in [1.807, 2.05) is 24.3 Å². The fourth-order valence-electron chi connectivity index (χ4n) is 2.94. The molecule has 0 aromatic heterocycles. The summed E-state index contributed by atoms with van der Waals surface area (Å²) < 4.78 is 17.5. The van der Waals surface area contributed by atoms with Crippen LogP contribution in [-0.4, -0.2) is 38.1 Å². The first-order valence-electron chi connectivity index (χ1n) is 7.47. The van der Waals surface area contributed by atoms with Crippen molar-refractivity contribution in [3.63, 3.8) is 0 Å². The van der Waals surface area contributed by atoms with Crippen LogP contribution < -0.4 is 10.5 Å². The van der Waals surface area contributed by atoms with Crippen LogP contribution in [0.1, 0.15) is 24.8 Å². The monoisotopic (exact) mass is 287 g/mol.